The van der Waals surface area contributed by atoms with Gasteiger partial charge in [-0.05, 0) is 53.6 Å². The maximum atomic E-state index is 13.0. The molecule has 0 atom stereocenters. The summed E-state index contributed by atoms with van der Waals surface area (Å²) in [5, 5.41) is 21.7. The molecule has 1 saturated heterocycles. The molecule has 4 rings (SSSR count). The number of nitro groups is 2. The molecule has 200 valence electrons. The van der Waals surface area contributed by atoms with E-state index < -0.39 is 21.0 Å². The minimum atomic E-state index is -0.548. The largest absolute Gasteiger partial charge is 0.490 e. The summed E-state index contributed by atoms with van der Waals surface area (Å²) in [6.45, 7) is 1.94. The number of hydrogen-bond donors (Lipinski definition) is 0. The van der Waals surface area contributed by atoms with E-state index in [4.69, 9.17) is 21.1 Å². The van der Waals surface area contributed by atoms with Gasteiger partial charge in [-0.1, -0.05) is 35.9 Å². The Hall–Kier alpha value is -4.42. The van der Waals surface area contributed by atoms with E-state index in [1.54, 1.807) is 37.3 Å². The first kappa shape index (κ1) is 27.6. The molecule has 1 aliphatic heterocycles. The van der Waals surface area contributed by atoms with E-state index in [1.807, 2.05) is 0 Å². The number of nitrogens with zero attached hydrogens (tertiary/aromatic N) is 3. The van der Waals surface area contributed by atoms with Crippen molar-refractivity contribution in [3.05, 3.63) is 108 Å². The van der Waals surface area contributed by atoms with Gasteiger partial charge in [0.1, 0.15) is 6.61 Å². The Kier molecular flexibility index (Phi) is 8.47. The smallest absolute Gasteiger partial charge is 0.293 e. The van der Waals surface area contributed by atoms with Gasteiger partial charge in [0.05, 0.1) is 32.9 Å². The predicted molar refractivity (Wildman–Crippen MR) is 145 cm³/mol. The van der Waals surface area contributed by atoms with Crippen LogP contribution in [-0.4, -0.2) is 32.5 Å². The van der Waals surface area contributed by atoms with Crippen LogP contribution >= 0.6 is 23.4 Å². The summed E-state index contributed by atoms with van der Waals surface area (Å²) in [5.74, 6) is -0.0324. The lowest BCUT2D eigenvalue weighted by Crippen LogP contribution is -2.27. The summed E-state index contributed by atoms with van der Waals surface area (Å²) >= 11 is 7.22. The van der Waals surface area contributed by atoms with E-state index in [9.17, 15) is 29.8 Å². The molecular formula is C26H20ClN3O8S. The zero-order valence-electron chi connectivity index (χ0n) is 20.4. The number of hydrogen-bond acceptors (Lipinski definition) is 9. The summed E-state index contributed by atoms with van der Waals surface area (Å²) in [6, 6.07) is 14.9. The van der Waals surface area contributed by atoms with Crippen LogP contribution in [0.1, 0.15) is 23.6 Å². The fourth-order valence-corrected chi connectivity index (χ4v) is 4.84. The summed E-state index contributed by atoms with van der Waals surface area (Å²) in [7, 11) is 0. The van der Waals surface area contributed by atoms with Crippen molar-refractivity contribution in [2.24, 2.45) is 0 Å². The van der Waals surface area contributed by atoms with Crippen molar-refractivity contribution >= 4 is 52.0 Å². The normalized spacial score (nSPS) is 14.1. The molecule has 2 amide bonds. The molecule has 0 N–H and O–H groups in total. The molecule has 0 radical (unpaired) electrons. The number of thioether (sulfide) groups is 1. The first-order chi connectivity index (χ1) is 18.7. The number of benzene rings is 3. The first-order valence-electron chi connectivity index (χ1n) is 11.5. The molecular weight excluding hydrogens is 550 g/mol. The van der Waals surface area contributed by atoms with Crippen LogP contribution in [0, 0.1) is 20.2 Å². The Labute approximate surface area is 231 Å². The second-order valence-electron chi connectivity index (χ2n) is 8.17. The highest BCUT2D eigenvalue weighted by Gasteiger charge is 2.35. The molecule has 0 spiro atoms. The molecule has 1 heterocycles. The fourth-order valence-electron chi connectivity index (χ4n) is 3.73. The number of imide groups is 1. The second-order valence-corrected chi connectivity index (χ2v) is 9.57. The van der Waals surface area contributed by atoms with Crippen molar-refractivity contribution < 1.29 is 28.9 Å². The van der Waals surface area contributed by atoms with E-state index in [0.717, 1.165) is 16.7 Å². The van der Waals surface area contributed by atoms with Crippen molar-refractivity contribution in [1.29, 1.82) is 0 Å². The second kappa shape index (κ2) is 12.0. The minimum absolute atomic E-state index is 0.00262. The van der Waals surface area contributed by atoms with Crippen molar-refractivity contribution in [1.82, 2.24) is 4.90 Å². The summed E-state index contributed by atoms with van der Waals surface area (Å²) in [5.41, 5.74) is 1.28. The number of ether oxygens (including phenoxy) is 2. The topological polar surface area (TPSA) is 142 Å². The van der Waals surface area contributed by atoms with Gasteiger partial charge in [-0.3, -0.25) is 34.7 Å². The Morgan fingerprint density at radius 3 is 2.23 bits per heavy atom. The first-order valence-corrected chi connectivity index (χ1v) is 12.7. The maximum absolute atomic E-state index is 13.0. The van der Waals surface area contributed by atoms with Crippen LogP contribution in [0.2, 0.25) is 5.02 Å². The number of nitro benzene ring substituents is 2. The predicted octanol–water partition coefficient (Wildman–Crippen LogP) is 6.37. The zero-order chi connectivity index (χ0) is 28.1. The standard InChI is InChI=1S/C26H20ClN3O8S/c1-2-37-22-12-18(11-21(27)24(22)38-15-17-6-4-8-20(10-17)30(35)36)13-23-25(31)28(26(32)39-23)14-16-5-3-7-19(9-16)29(33)34/h3-13H,2,14-15H2,1H3/b23-13+. The van der Waals surface area contributed by atoms with Crippen LogP contribution in [0.15, 0.2) is 65.6 Å². The molecule has 0 aliphatic carbocycles. The average Bonchev–Trinajstić information content (AvgIpc) is 3.16. The van der Waals surface area contributed by atoms with Crippen molar-refractivity contribution in [2.45, 2.75) is 20.1 Å². The lowest BCUT2D eigenvalue weighted by atomic mass is 10.1. The fraction of sp³-hybridized carbons (Fsp3) is 0.154. The summed E-state index contributed by atoms with van der Waals surface area (Å²) in [4.78, 5) is 47.7. The number of amides is 2. The molecule has 13 heteroatoms. The summed E-state index contributed by atoms with van der Waals surface area (Å²) in [6.07, 6.45) is 1.50. The molecule has 11 nitrogen and oxygen atoms in total. The van der Waals surface area contributed by atoms with Crippen molar-refractivity contribution in [3.8, 4) is 11.5 Å². The van der Waals surface area contributed by atoms with Gasteiger partial charge in [0, 0.05) is 24.3 Å². The van der Waals surface area contributed by atoms with E-state index in [1.165, 1.54) is 36.4 Å². The molecule has 0 bridgehead atoms. The minimum Gasteiger partial charge on any atom is -0.490 e. The molecule has 1 aliphatic rings. The molecule has 3 aromatic carbocycles. The Balaban J connectivity index is 1.55. The molecule has 0 aromatic heterocycles. The monoisotopic (exact) mass is 569 g/mol. The van der Waals surface area contributed by atoms with Gasteiger partial charge in [-0.2, -0.15) is 0 Å². The third kappa shape index (κ3) is 6.54. The van der Waals surface area contributed by atoms with Crippen LogP contribution in [0.25, 0.3) is 6.08 Å². The van der Waals surface area contributed by atoms with Crippen LogP contribution in [-0.2, 0) is 17.9 Å². The van der Waals surface area contributed by atoms with Crippen LogP contribution in [0.4, 0.5) is 16.2 Å². The maximum Gasteiger partial charge on any atom is 0.293 e. The third-order valence-corrected chi connectivity index (χ3v) is 6.66. The average molecular weight is 570 g/mol. The van der Waals surface area contributed by atoms with Gasteiger partial charge in [-0.25, -0.2) is 0 Å². The number of non-ortho nitro benzene ring substituents is 2. The van der Waals surface area contributed by atoms with Crippen LogP contribution in [0.5, 0.6) is 11.5 Å². The van der Waals surface area contributed by atoms with Crippen molar-refractivity contribution in [3.63, 3.8) is 0 Å². The zero-order valence-corrected chi connectivity index (χ0v) is 21.9. The van der Waals surface area contributed by atoms with Gasteiger partial charge < -0.3 is 9.47 Å². The van der Waals surface area contributed by atoms with E-state index >= 15 is 0 Å². The number of rotatable bonds is 10. The van der Waals surface area contributed by atoms with Crippen LogP contribution in [0.3, 0.4) is 0 Å². The van der Waals surface area contributed by atoms with Gasteiger partial charge >= 0.3 is 0 Å². The Morgan fingerprint density at radius 2 is 1.59 bits per heavy atom. The van der Waals surface area contributed by atoms with Gasteiger partial charge in [0.25, 0.3) is 22.5 Å². The molecule has 0 saturated carbocycles. The Bertz CT molecular complexity index is 1510. The van der Waals surface area contributed by atoms with Gasteiger partial charge in [0.2, 0.25) is 0 Å². The lowest BCUT2D eigenvalue weighted by Gasteiger charge is -2.15. The molecule has 3 aromatic rings. The summed E-state index contributed by atoms with van der Waals surface area (Å²) < 4.78 is 11.5. The highest BCUT2D eigenvalue weighted by Crippen LogP contribution is 2.40. The molecule has 39 heavy (non-hydrogen) atoms. The number of carbonyl (C=O) groups excluding carboxylic acids is 2. The molecule has 1 fully saturated rings. The Morgan fingerprint density at radius 1 is 0.949 bits per heavy atom. The van der Waals surface area contributed by atoms with Crippen LogP contribution < -0.4 is 9.47 Å². The van der Waals surface area contributed by atoms with E-state index in [-0.39, 0.29) is 52.6 Å². The number of carbonyl (C=O) groups is 2. The van der Waals surface area contributed by atoms with E-state index in [0.29, 0.717) is 16.7 Å². The number of halogens is 1. The van der Waals surface area contributed by atoms with Gasteiger partial charge in [-0.15, -0.1) is 0 Å². The highest BCUT2D eigenvalue weighted by molar-refractivity contribution is 8.18. The van der Waals surface area contributed by atoms with Crippen molar-refractivity contribution in [2.75, 3.05) is 6.61 Å². The van der Waals surface area contributed by atoms with E-state index in [2.05, 4.69) is 0 Å². The highest BCUT2D eigenvalue weighted by atomic mass is 35.5. The SMILES string of the molecule is CCOc1cc(/C=C2/SC(=O)N(Cc3cccc([N+](=O)[O-])c3)C2=O)cc(Cl)c1OCc1cccc([N+](=O)[O-])c1. The lowest BCUT2D eigenvalue weighted by molar-refractivity contribution is -0.385. The van der Waals surface area contributed by atoms with Gasteiger partial charge in [0.15, 0.2) is 11.5 Å². The molecule has 0 unspecified atom stereocenters. The quantitative estimate of drug-likeness (QED) is 0.154. The third-order valence-electron chi connectivity index (χ3n) is 5.47.